The van der Waals surface area contributed by atoms with Crippen molar-refractivity contribution >= 4 is 28.4 Å². The van der Waals surface area contributed by atoms with E-state index >= 15 is 0 Å². The van der Waals surface area contributed by atoms with E-state index in [-0.39, 0.29) is 0 Å². The number of hydrogen-bond acceptors (Lipinski definition) is 5. The predicted molar refractivity (Wildman–Crippen MR) is 88.7 cm³/mol. The van der Waals surface area contributed by atoms with Crippen molar-refractivity contribution in [2.24, 2.45) is 0 Å². The van der Waals surface area contributed by atoms with Gasteiger partial charge in [-0.1, -0.05) is 18.2 Å². The molecule has 104 valence electrons. The van der Waals surface area contributed by atoms with Crippen molar-refractivity contribution < 1.29 is 4.74 Å². The van der Waals surface area contributed by atoms with E-state index < -0.39 is 0 Å². The van der Waals surface area contributed by atoms with E-state index in [1.807, 2.05) is 41.8 Å². The summed E-state index contributed by atoms with van der Waals surface area (Å²) < 4.78 is 5.28. The minimum atomic E-state index is 0.552. The van der Waals surface area contributed by atoms with Crippen LogP contribution in [0.3, 0.4) is 0 Å². The van der Waals surface area contributed by atoms with E-state index in [4.69, 9.17) is 10.5 Å². The van der Waals surface area contributed by atoms with Gasteiger partial charge >= 0.3 is 0 Å². The molecule has 3 rings (SSSR count). The summed E-state index contributed by atoms with van der Waals surface area (Å²) in [5.41, 5.74) is 8.69. The lowest BCUT2D eigenvalue weighted by Gasteiger charge is -2.05. The molecule has 0 saturated heterocycles. The topological polar surface area (TPSA) is 59.0 Å². The summed E-state index contributed by atoms with van der Waals surface area (Å²) in [6.45, 7) is 0. The SMILES string of the molecule is COc1cccc(-c2sc(C#N)c(N)c2-c2cccs2)c1. The Morgan fingerprint density at radius 2 is 2.10 bits per heavy atom. The lowest BCUT2D eigenvalue weighted by atomic mass is 10.1. The zero-order valence-corrected chi connectivity index (χ0v) is 12.9. The molecule has 0 fully saturated rings. The first-order chi connectivity index (χ1) is 10.2. The maximum atomic E-state index is 9.26. The normalized spacial score (nSPS) is 10.3. The summed E-state index contributed by atoms with van der Waals surface area (Å²) in [7, 11) is 1.64. The number of nitrogens with zero attached hydrogens (tertiary/aromatic N) is 1. The summed E-state index contributed by atoms with van der Waals surface area (Å²) in [5.74, 6) is 0.787. The molecule has 0 radical (unpaired) electrons. The van der Waals surface area contributed by atoms with Crippen molar-refractivity contribution in [3.63, 3.8) is 0 Å². The number of hydrogen-bond donors (Lipinski definition) is 1. The van der Waals surface area contributed by atoms with E-state index in [9.17, 15) is 5.26 Å². The first-order valence-electron chi connectivity index (χ1n) is 6.25. The van der Waals surface area contributed by atoms with E-state index in [1.165, 1.54) is 11.3 Å². The highest BCUT2D eigenvalue weighted by Crippen LogP contribution is 2.46. The fourth-order valence-electron chi connectivity index (χ4n) is 2.16. The fraction of sp³-hybridized carbons (Fsp3) is 0.0625. The van der Waals surface area contributed by atoms with E-state index in [2.05, 4.69) is 6.07 Å². The highest BCUT2D eigenvalue weighted by molar-refractivity contribution is 7.18. The lowest BCUT2D eigenvalue weighted by Crippen LogP contribution is -1.88. The highest BCUT2D eigenvalue weighted by Gasteiger charge is 2.19. The van der Waals surface area contributed by atoms with Gasteiger partial charge in [0.2, 0.25) is 0 Å². The molecule has 0 aliphatic rings. The molecule has 0 amide bonds. The molecule has 0 aliphatic carbocycles. The van der Waals surface area contributed by atoms with Crippen LogP contribution in [0, 0.1) is 11.3 Å². The second-order valence-electron chi connectivity index (χ2n) is 4.37. The summed E-state index contributed by atoms with van der Waals surface area (Å²) >= 11 is 3.04. The number of anilines is 1. The molecule has 0 unspecified atom stereocenters. The second kappa shape index (κ2) is 5.60. The number of rotatable bonds is 3. The second-order valence-corrected chi connectivity index (χ2v) is 6.34. The predicted octanol–water partition coefficient (Wildman–Crippen LogP) is 4.61. The van der Waals surface area contributed by atoms with Crippen LogP contribution in [0.2, 0.25) is 0 Å². The molecular weight excluding hydrogens is 300 g/mol. The minimum Gasteiger partial charge on any atom is -0.497 e. The van der Waals surface area contributed by atoms with Crippen LogP contribution in [0.4, 0.5) is 5.69 Å². The monoisotopic (exact) mass is 312 g/mol. The van der Waals surface area contributed by atoms with Gasteiger partial charge in [-0.15, -0.1) is 22.7 Å². The van der Waals surface area contributed by atoms with Gasteiger partial charge in [0.15, 0.2) is 0 Å². The molecule has 0 saturated carbocycles. The number of nitrogens with two attached hydrogens (primary N) is 1. The van der Waals surface area contributed by atoms with Crippen molar-refractivity contribution in [1.29, 1.82) is 5.26 Å². The third kappa shape index (κ3) is 2.40. The molecular formula is C16H12N2OS2. The van der Waals surface area contributed by atoms with Crippen LogP contribution >= 0.6 is 22.7 Å². The van der Waals surface area contributed by atoms with Gasteiger partial charge in [-0.2, -0.15) is 5.26 Å². The summed E-state index contributed by atoms with van der Waals surface area (Å²) in [4.78, 5) is 2.63. The molecule has 2 N–H and O–H groups in total. The number of thiophene rings is 2. The average molecular weight is 312 g/mol. The number of nitrogen functional groups attached to an aromatic ring is 1. The molecule has 3 nitrogen and oxygen atoms in total. The molecule has 2 aromatic heterocycles. The number of benzene rings is 1. The van der Waals surface area contributed by atoms with Gasteiger partial charge in [-0.25, -0.2) is 0 Å². The van der Waals surface area contributed by atoms with Crippen molar-refractivity contribution in [3.05, 3.63) is 46.7 Å². The van der Waals surface area contributed by atoms with Gasteiger partial charge in [0.25, 0.3) is 0 Å². The van der Waals surface area contributed by atoms with Crippen LogP contribution < -0.4 is 10.5 Å². The Hall–Kier alpha value is -2.29. The summed E-state index contributed by atoms with van der Waals surface area (Å²) in [6.07, 6.45) is 0. The molecule has 21 heavy (non-hydrogen) atoms. The first kappa shape index (κ1) is 13.7. The molecule has 0 atom stereocenters. The van der Waals surface area contributed by atoms with Gasteiger partial charge in [0.1, 0.15) is 16.7 Å². The van der Waals surface area contributed by atoms with E-state index in [0.29, 0.717) is 10.6 Å². The quantitative estimate of drug-likeness (QED) is 0.768. The zero-order chi connectivity index (χ0) is 14.8. The third-order valence-electron chi connectivity index (χ3n) is 3.15. The zero-order valence-electron chi connectivity index (χ0n) is 11.3. The minimum absolute atomic E-state index is 0.552. The largest absolute Gasteiger partial charge is 0.497 e. The van der Waals surface area contributed by atoms with Crippen molar-refractivity contribution in [3.8, 4) is 32.7 Å². The average Bonchev–Trinajstić information content (AvgIpc) is 3.14. The van der Waals surface area contributed by atoms with Gasteiger partial charge in [-0.3, -0.25) is 0 Å². The summed E-state index contributed by atoms with van der Waals surface area (Å²) in [6, 6.07) is 14.0. The molecule has 0 spiro atoms. The highest BCUT2D eigenvalue weighted by atomic mass is 32.1. The van der Waals surface area contributed by atoms with E-state index in [1.54, 1.807) is 18.4 Å². The standard InChI is InChI=1S/C16H12N2OS2/c1-19-11-5-2-4-10(8-11)16-14(12-6-3-7-20-12)15(18)13(9-17)21-16/h2-8H,18H2,1H3. The Balaban J connectivity index is 2.25. The molecule has 2 heterocycles. The maximum Gasteiger partial charge on any atom is 0.129 e. The fourth-order valence-corrected chi connectivity index (χ4v) is 4.04. The Labute approximate surface area is 130 Å². The maximum absolute atomic E-state index is 9.26. The van der Waals surface area contributed by atoms with E-state index in [0.717, 1.165) is 26.6 Å². The Kier molecular flexibility index (Phi) is 3.65. The number of methoxy groups -OCH3 is 1. The van der Waals surface area contributed by atoms with Crippen LogP contribution in [0.5, 0.6) is 5.75 Å². The van der Waals surface area contributed by atoms with Crippen molar-refractivity contribution in [2.75, 3.05) is 12.8 Å². The van der Waals surface area contributed by atoms with Gasteiger partial charge in [-0.05, 0) is 29.1 Å². The smallest absolute Gasteiger partial charge is 0.129 e. The molecule has 0 bridgehead atoms. The molecule has 3 aromatic rings. The number of ether oxygens (including phenoxy) is 1. The lowest BCUT2D eigenvalue weighted by molar-refractivity contribution is 0.415. The molecule has 0 aliphatic heterocycles. The Bertz CT molecular complexity index is 813. The van der Waals surface area contributed by atoms with Gasteiger partial charge in [0, 0.05) is 15.3 Å². The Morgan fingerprint density at radius 3 is 2.76 bits per heavy atom. The van der Waals surface area contributed by atoms with Gasteiger partial charge < -0.3 is 10.5 Å². The summed E-state index contributed by atoms with van der Waals surface area (Å²) in [5, 5.41) is 11.3. The molecule has 5 heteroatoms. The van der Waals surface area contributed by atoms with Crippen LogP contribution in [0.15, 0.2) is 41.8 Å². The van der Waals surface area contributed by atoms with Crippen LogP contribution in [-0.2, 0) is 0 Å². The third-order valence-corrected chi connectivity index (χ3v) is 5.19. The van der Waals surface area contributed by atoms with Crippen LogP contribution in [0.1, 0.15) is 4.88 Å². The van der Waals surface area contributed by atoms with Crippen molar-refractivity contribution in [1.82, 2.24) is 0 Å². The van der Waals surface area contributed by atoms with Crippen LogP contribution in [-0.4, -0.2) is 7.11 Å². The first-order valence-corrected chi connectivity index (χ1v) is 7.95. The Morgan fingerprint density at radius 1 is 1.24 bits per heavy atom. The molecule has 1 aromatic carbocycles. The van der Waals surface area contributed by atoms with Crippen molar-refractivity contribution in [2.45, 2.75) is 0 Å². The number of nitriles is 1. The van der Waals surface area contributed by atoms with Gasteiger partial charge in [0.05, 0.1) is 12.8 Å². The van der Waals surface area contributed by atoms with Crippen LogP contribution in [0.25, 0.3) is 20.9 Å².